The number of amides is 1. The fourth-order valence-corrected chi connectivity index (χ4v) is 4.89. The van der Waals surface area contributed by atoms with E-state index in [0.29, 0.717) is 26.3 Å². The summed E-state index contributed by atoms with van der Waals surface area (Å²) < 4.78 is 6.52. The Labute approximate surface area is 174 Å². The highest BCUT2D eigenvalue weighted by Gasteiger charge is 2.21. The van der Waals surface area contributed by atoms with Gasteiger partial charge in [0.05, 0.1) is 18.1 Å². The van der Waals surface area contributed by atoms with Gasteiger partial charge in [0.25, 0.3) is 5.91 Å². The summed E-state index contributed by atoms with van der Waals surface area (Å²) in [6.07, 6.45) is 0. The van der Waals surface area contributed by atoms with E-state index in [4.69, 9.17) is 4.74 Å². The van der Waals surface area contributed by atoms with Gasteiger partial charge in [-0.15, -0.1) is 11.3 Å². The molecule has 3 aromatic carbocycles. The van der Waals surface area contributed by atoms with E-state index in [0.717, 1.165) is 20.5 Å². The molecule has 144 valence electrons. The van der Waals surface area contributed by atoms with Gasteiger partial charge in [-0.05, 0) is 40.5 Å². The normalized spacial score (nSPS) is 14.3. The van der Waals surface area contributed by atoms with Crippen molar-refractivity contribution in [3.8, 4) is 22.3 Å². The molecule has 2 heterocycles. The minimum atomic E-state index is 0.110. The third-order valence-corrected chi connectivity index (χ3v) is 6.44. The predicted molar refractivity (Wildman–Crippen MR) is 119 cm³/mol. The molecule has 1 aliphatic rings. The minimum Gasteiger partial charge on any atom is -0.378 e. The highest BCUT2D eigenvalue weighted by atomic mass is 32.1. The summed E-state index contributed by atoms with van der Waals surface area (Å²) in [4.78, 5) is 15.6. The molecule has 29 heavy (non-hydrogen) atoms. The van der Waals surface area contributed by atoms with E-state index in [-0.39, 0.29) is 5.91 Å². The van der Waals surface area contributed by atoms with Gasteiger partial charge in [-0.25, -0.2) is 0 Å². The maximum atomic E-state index is 12.9. The molecular formula is C25H21NO2S. The highest BCUT2D eigenvalue weighted by molar-refractivity contribution is 7.20. The molecule has 4 aromatic rings. The van der Waals surface area contributed by atoms with E-state index in [9.17, 15) is 4.79 Å². The Bertz CT molecular complexity index is 1160. The second-order valence-electron chi connectivity index (χ2n) is 7.18. The maximum absolute atomic E-state index is 12.9. The molecule has 0 spiro atoms. The van der Waals surface area contributed by atoms with Crippen LogP contribution in [0, 0.1) is 0 Å². The Morgan fingerprint density at radius 3 is 2.34 bits per heavy atom. The van der Waals surface area contributed by atoms with Crippen LogP contribution in [0.25, 0.3) is 32.3 Å². The van der Waals surface area contributed by atoms with Crippen LogP contribution in [0.4, 0.5) is 0 Å². The average molecular weight is 400 g/mol. The first kappa shape index (κ1) is 18.1. The molecule has 4 heteroatoms. The summed E-state index contributed by atoms with van der Waals surface area (Å²) in [7, 11) is 0. The Balaban J connectivity index is 1.54. The predicted octanol–water partition coefficient (Wildman–Crippen LogP) is 5.71. The second-order valence-corrected chi connectivity index (χ2v) is 8.26. The lowest BCUT2D eigenvalue weighted by Crippen LogP contribution is -2.40. The minimum absolute atomic E-state index is 0.110. The maximum Gasteiger partial charge on any atom is 0.264 e. The quantitative estimate of drug-likeness (QED) is 0.442. The van der Waals surface area contributed by atoms with Crippen molar-refractivity contribution in [2.24, 2.45) is 0 Å². The van der Waals surface area contributed by atoms with Crippen LogP contribution >= 0.6 is 11.3 Å². The van der Waals surface area contributed by atoms with Gasteiger partial charge in [0, 0.05) is 23.2 Å². The monoisotopic (exact) mass is 399 g/mol. The van der Waals surface area contributed by atoms with Crippen molar-refractivity contribution < 1.29 is 9.53 Å². The molecule has 0 bridgehead atoms. The number of thiophene rings is 1. The molecule has 1 amide bonds. The summed E-state index contributed by atoms with van der Waals surface area (Å²) in [6.45, 7) is 2.57. The third kappa shape index (κ3) is 3.57. The summed E-state index contributed by atoms with van der Waals surface area (Å²) >= 11 is 1.58. The third-order valence-electron chi connectivity index (χ3n) is 5.35. The van der Waals surface area contributed by atoms with Crippen LogP contribution in [0.1, 0.15) is 9.67 Å². The number of nitrogens with zero attached hydrogens (tertiary/aromatic N) is 1. The molecule has 5 rings (SSSR count). The Kier molecular flexibility index (Phi) is 4.88. The van der Waals surface area contributed by atoms with Gasteiger partial charge in [0.15, 0.2) is 0 Å². The molecule has 1 aromatic heterocycles. The van der Waals surface area contributed by atoms with E-state index in [1.165, 1.54) is 16.7 Å². The van der Waals surface area contributed by atoms with Gasteiger partial charge in [-0.3, -0.25) is 4.79 Å². The lowest BCUT2D eigenvalue weighted by Gasteiger charge is -2.26. The lowest BCUT2D eigenvalue weighted by molar-refractivity contribution is 0.0306. The van der Waals surface area contributed by atoms with Crippen LogP contribution in [0.3, 0.4) is 0 Å². The molecular weight excluding hydrogens is 378 g/mol. The number of carbonyl (C=O) groups is 1. The van der Waals surface area contributed by atoms with Gasteiger partial charge in [-0.2, -0.15) is 0 Å². The molecule has 0 radical (unpaired) electrons. The number of carbonyl (C=O) groups excluding carboxylic acids is 1. The first-order valence-electron chi connectivity index (χ1n) is 9.85. The van der Waals surface area contributed by atoms with Crippen molar-refractivity contribution in [2.45, 2.75) is 0 Å². The van der Waals surface area contributed by atoms with Crippen molar-refractivity contribution in [3.05, 3.63) is 83.7 Å². The molecule has 0 unspecified atom stereocenters. The largest absolute Gasteiger partial charge is 0.378 e. The number of hydrogen-bond acceptors (Lipinski definition) is 3. The van der Waals surface area contributed by atoms with Gasteiger partial charge in [-0.1, -0.05) is 60.7 Å². The summed E-state index contributed by atoms with van der Waals surface area (Å²) in [5.74, 6) is 0.110. The van der Waals surface area contributed by atoms with E-state index < -0.39 is 0 Å². The van der Waals surface area contributed by atoms with Crippen LogP contribution in [0.15, 0.2) is 78.9 Å². The molecule has 0 atom stereocenters. The molecule has 1 aliphatic heterocycles. The van der Waals surface area contributed by atoms with E-state index in [2.05, 4.69) is 72.8 Å². The van der Waals surface area contributed by atoms with Gasteiger partial charge in [0.1, 0.15) is 0 Å². The number of ether oxygens (including phenoxy) is 1. The number of fused-ring (bicyclic) bond motifs is 1. The van der Waals surface area contributed by atoms with E-state index in [1.54, 1.807) is 11.3 Å². The van der Waals surface area contributed by atoms with Crippen LogP contribution in [0.2, 0.25) is 0 Å². The van der Waals surface area contributed by atoms with Gasteiger partial charge < -0.3 is 9.64 Å². The van der Waals surface area contributed by atoms with Crippen molar-refractivity contribution in [1.82, 2.24) is 4.90 Å². The number of benzene rings is 3. The molecule has 0 saturated carbocycles. The molecule has 3 nitrogen and oxygen atoms in total. The van der Waals surface area contributed by atoms with Crippen molar-refractivity contribution in [1.29, 1.82) is 0 Å². The van der Waals surface area contributed by atoms with Crippen LogP contribution < -0.4 is 0 Å². The lowest BCUT2D eigenvalue weighted by atomic mass is 9.97. The molecule has 0 aliphatic carbocycles. The van der Waals surface area contributed by atoms with Gasteiger partial charge in [0.2, 0.25) is 0 Å². The SMILES string of the molecule is O=C(c1cc2c(-c3cccc(-c4ccccc4)c3)cccc2s1)N1CCOCC1. The van der Waals surface area contributed by atoms with Crippen molar-refractivity contribution >= 4 is 27.3 Å². The smallest absolute Gasteiger partial charge is 0.264 e. The highest BCUT2D eigenvalue weighted by Crippen LogP contribution is 2.36. The first-order chi connectivity index (χ1) is 14.3. The molecule has 1 saturated heterocycles. The molecule has 1 fully saturated rings. The number of morpholine rings is 1. The summed E-state index contributed by atoms with van der Waals surface area (Å²) in [5.41, 5.74) is 4.73. The zero-order valence-electron chi connectivity index (χ0n) is 16.0. The zero-order chi connectivity index (χ0) is 19.6. The van der Waals surface area contributed by atoms with Gasteiger partial charge >= 0.3 is 0 Å². The molecule has 0 N–H and O–H groups in total. The van der Waals surface area contributed by atoms with Crippen LogP contribution in [-0.2, 0) is 4.74 Å². The second kappa shape index (κ2) is 7.82. The van der Waals surface area contributed by atoms with Crippen molar-refractivity contribution in [3.63, 3.8) is 0 Å². The van der Waals surface area contributed by atoms with Crippen molar-refractivity contribution in [2.75, 3.05) is 26.3 Å². The van der Waals surface area contributed by atoms with E-state index >= 15 is 0 Å². The van der Waals surface area contributed by atoms with E-state index in [1.807, 2.05) is 11.0 Å². The zero-order valence-corrected chi connectivity index (χ0v) is 16.8. The van der Waals surface area contributed by atoms with Crippen LogP contribution in [-0.4, -0.2) is 37.1 Å². The fourth-order valence-electron chi connectivity index (χ4n) is 3.84. The average Bonchev–Trinajstić information content (AvgIpc) is 3.24. The number of hydrogen-bond donors (Lipinski definition) is 0. The Hall–Kier alpha value is -2.95. The Morgan fingerprint density at radius 2 is 1.52 bits per heavy atom. The first-order valence-corrected chi connectivity index (χ1v) is 10.7. The fraction of sp³-hybridized carbons (Fsp3) is 0.160. The summed E-state index contributed by atoms with van der Waals surface area (Å²) in [5, 5.41) is 1.14. The number of rotatable bonds is 3. The topological polar surface area (TPSA) is 29.5 Å². The standard InChI is InChI=1S/C25H21NO2S/c27-25(26-12-14-28-15-13-26)24-17-22-21(10-5-11-23(22)29-24)20-9-4-8-19(16-20)18-6-2-1-3-7-18/h1-11,16-17H,12-15H2. The Morgan fingerprint density at radius 1 is 0.793 bits per heavy atom. The van der Waals surface area contributed by atoms with Crippen LogP contribution in [0.5, 0.6) is 0 Å². The summed E-state index contributed by atoms with van der Waals surface area (Å²) in [6, 6.07) is 27.4.